The highest BCUT2D eigenvalue weighted by molar-refractivity contribution is 5.53. The van der Waals surface area contributed by atoms with Crippen molar-refractivity contribution < 1.29 is 15.3 Å². The minimum absolute atomic E-state index is 0.143. The fourth-order valence-corrected chi connectivity index (χ4v) is 2.90. The van der Waals surface area contributed by atoms with E-state index in [-0.39, 0.29) is 19.8 Å². The van der Waals surface area contributed by atoms with Crippen molar-refractivity contribution in [2.24, 2.45) is 10.2 Å². The van der Waals surface area contributed by atoms with Crippen LogP contribution < -0.4 is 4.90 Å². The fourth-order valence-electron chi connectivity index (χ4n) is 2.90. The normalized spacial score (nSPS) is 11.2. The van der Waals surface area contributed by atoms with Gasteiger partial charge in [0.1, 0.15) is 0 Å². The van der Waals surface area contributed by atoms with Crippen molar-refractivity contribution in [2.45, 2.75) is 32.1 Å². The molecule has 0 aromatic heterocycles. The minimum atomic E-state index is 0.143. The van der Waals surface area contributed by atoms with Crippen molar-refractivity contribution in [3.63, 3.8) is 0 Å². The number of benzene rings is 2. The van der Waals surface area contributed by atoms with Gasteiger partial charge in [0.05, 0.1) is 11.4 Å². The van der Waals surface area contributed by atoms with E-state index in [1.165, 1.54) is 0 Å². The maximum absolute atomic E-state index is 9.01. The summed E-state index contributed by atoms with van der Waals surface area (Å²) in [7, 11) is 0. The molecule has 0 aliphatic carbocycles. The van der Waals surface area contributed by atoms with E-state index in [0.29, 0.717) is 6.42 Å². The van der Waals surface area contributed by atoms with Gasteiger partial charge < -0.3 is 20.2 Å². The number of hydrogen-bond acceptors (Lipinski definition) is 6. The lowest BCUT2D eigenvalue weighted by atomic mass is 10.1. The average molecular weight is 386 g/mol. The third-order valence-corrected chi connectivity index (χ3v) is 4.50. The molecule has 28 heavy (non-hydrogen) atoms. The Bertz CT molecular complexity index is 677. The second-order valence-corrected chi connectivity index (χ2v) is 6.70. The van der Waals surface area contributed by atoms with Crippen LogP contribution in [-0.2, 0) is 6.42 Å². The number of anilines is 1. The van der Waals surface area contributed by atoms with E-state index in [4.69, 9.17) is 15.3 Å². The lowest BCUT2D eigenvalue weighted by Gasteiger charge is -2.25. The van der Waals surface area contributed by atoms with E-state index in [2.05, 4.69) is 15.1 Å². The second-order valence-electron chi connectivity index (χ2n) is 6.70. The molecule has 0 radical (unpaired) electrons. The molecule has 152 valence electrons. The molecule has 6 heteroatoms. The number of rotatable bonds is 13. The molecule has 0 fully saturated rings. The Hall–Kier alpha value is -2.28. The zero-order valence-corrected chi connectivity index (χ0v) is 16.4. The van der Waals surface area contributed by atoms with Gasteiger partial charge in [-0.3, -0.25) is 0 Å². The lowest BCUT2D eigenvalue weighted by Crippen LogP contribution is -2.26. The van der Waals surface area contributed by atoms with Crippen LogP contribution in [0, 0.1) is 0 Å². The van der Waals surface area contributed by atoms with Crippen LogP contribution in [0.2, 0.25) is 0 Å². The van der Waals surface area contributed by atoms with Crippen molar-refractivity contribution >= 4 is 17.1 Å². The van der Waals surface area contributed by atoms with Crippen molar-refractivity contribution in [3.8, 4) is 0 Å². The van der Waals surface area contributed by atoms with Crippen LogP contribution in [-0.4, -0.2) is 48.2 Å². The summed E-state index contributed by atoms with van der Waals surface area (Å²) < 4.78 is 0. The number of aliphatic hydroxyl groups excluding tert-OH is 3. The van der Waals surface area contributed by atoms with Crippen LogP contribution in [0.4, 0.5) is 17.1 Å². The van der Waals surface area contributed by atoms with E-state index < -0.39 is 0 Å². The van der Waals surface area contributed by atoms with Gasteiger partial charge in [0.25, 0.3) is 0 Å². The number of azo groups is 1. The molecule has 0 atom stereocenters. The van der Waals surface area contributed by atoms with Gasteiger partial charge in [-0.2, -0.15) is 10.2 Å². The quantitative estimate of drug-likeness (QED) is 0.359. The van der Waals surface area contributed by atoms with Crippen molar-refractivity contribution in [1.82, 2.24) is 0 Å². The standard InChI is InChI=1S/C22H31N3O3/c26-16-3-1-14-25(15-2-4-17-27)22-11-9-21(10-12-22)24-23-20-7-5-19(6-8-20)13-18-28/h5-12,26-28H,1-4,13-18H2. The second kappa shape index (κ2) is 13.0. The maximum atomic E-state index is 9.01. The van der Waals surface area contributed by atoms with Crippen molar-refractivity contribution in [1.29, 1.82) is 0 Å². The highest BCUT2D eigenvalue weighted by Gasteiger charge is 2.06. The number of hydrogen-bond donors (Lipinski definition) is 3. The predicted molar refractivity (Wildman–Crippen MR) is 113 cm³/mol. The lowest BCUT2D eigenvalue weighted by molar-refractivity contribution is 0.282. The van der Waals surface area contributed by atoms with Gasteiger partial charge in [-0.05, 0) is 74.1 Å². The summed E-state index contributed by atoms with van der Waals surface area (Å²) in [6.45, 7) is 2.33. The van der Waals surface area contributed by atoms with Crippen LogP contribution >= 0.6 is 0 Å². The summed E-state index contributed by atoms with van der Waals surface area (Å²) in [6.07, 6.45) is 4.10. The minimum Gasteiger partial charge on any atom is -0.396 e. The molecule has 0 bridgehead atoms. The van der Waals surface area contributed by atoms with Crippen molar-refractivity contribution in [2.75, 3.05) is 37.8 Å². The average Bonchev–Trinajstić information content (AvgIpc) is 2.73. The fraction of sp³-hybridized carbons (Fsp3) is 0.455. The van der Waals surface area contributed by atoms with Crippen LogP contribution in [0.15, 0.2) is 58.8 Å². The predicted octanol–water partition coefficient (Wildman–Crippen LogP) is 3.99. The van der Waals surface area contributed by atoms with Gasteiger partial charge in [-0.1, -0.05) is 12.1 Å². The topological polar surface area (TPSA) is 88.7 Å². The van der Waals surface area contributed by atoms with Gasteiger partial charge in [0.2, 0.25) is 0 Å². The summed E-state index contributed by atoms with van der Waals surface area (Å²) in [5.74, 6) is 0. The summed E-state index contributed by atoms with van der Waals surface area (Å²) in [6, 6.07) is 15.7. The Morgan fingerprint density at radius 1 is 0.607 bits per heavy atom. The molecule has 0 unspecified atom stereocenters. The molecule has 2 rings (SSSR count). The Morgan fingerprint density at radius 2 is 1.11 bits per heavy atom. The molecule has 2 aromatic carbocycles. The maximum Gasteiger partial charge on any atom is 0.0858 e. The molecule has 3 N–H and O–H groups in total. The van der Waals surface area contributed by atoms with Crippen LogP contribution in [0.25, 0.3) is 0 Å². The summed E-state index contributed by atoms with van der Waals surface area (Å²) in [4.78, 5) is 2.28. The zero-order chi connectivity index (χ0) is 20.0. The third kappa shape index (κ3) is 7.76. The Kier molecular flexibility index (Phi) is 10.2. The van der Waals surface area contributed by atoms with Gasteiger partial charge in [-0.15, -0.1) is 0 Å². The highest BCUT2D eigenvalue weighted by Crippen LogP contribution is 2.23. The first-order valence-corrected chi connectivity index (χ1v) is 9.95. The van der Waals surface area contributed by atoms with E-state index in [0.717, 1.165) is 61.4 Å². The Labute approximate surface area is 167 Å². The highest BCUT2D eigenvalue weighted by atomic mass is 16.3. The number of aliphatic hydroxyl groups is 3. The summed E-state index contributed by atoms with van der Waals surface area (Å²) in [5.41, 5.74) is 3.76. The molecule has 0 spiro atoms. The summed E-state index contributed by atoms with van der Waals surface area (Å²) >= 11 is 0. The van der Waals surface area contributed by atoms with Crippen LogP contribution in [0.3, 0.4) is 0 Å². The van der Waals surface area contributed by atoms with Gasteiger partial charge in [0.15, 0.2) is 0 Å². The van der Waals surface area contributed by atoms with E-state index in [9.17, 15) is 0 Å². The van der Waals surface area contributed by atoms with Crippen LogP contribution in [0.5, 0.6) is 0 Å². The van der Waals surface area contributed by atoms with Gasteiger partial charge >= 0.3 is 0 Å². The molecule has 2 aromatic rings. The Balaban J connectivity index is 1.98. The SMILES string of the molecule is OCCCCN(CCCCO)c1ccc(N=Nc2ccc(CCO)cc2)cc1. The van der Waals surface area contributed by atoms with Crippen LogP contribution in [0.1, 0.15) is 31.2 Å². The molecule has 0 amide bonds. The van der Waals surface area contributed by atoms with Gasteiger partial charge in [0, 0.05) is 38.6 Å². The first-order valence-electron chi connectivity index (χ1n) is 9.95. The molecule has 0 heterocycles. The van der Waals surface area contributed by atoms with E-state index >= 15 is 0 Å². The van der Waals surface area contributed by atoms with Crippen molar-refractivity contribution in [3.05, 3.63) is 54.1 Å². The monoisotopic (exact) mass is 385 g/mol. The first kappa shape index (κ1) is 22.0. The van der Waals surface area contributed by atoms with E-state index in [1.54, 1.807) is 0 Å². The number of nitrogens with zero attached hydrogens (tertiary/aromatic N) is 3. The summed E-state index contributed by atoms with van der Waals surface area (Å²) in [5, 5.41) is 35.5. The molecular formula is C22H31N3O3. The zero-order valence-electron chi connectivity index (χ0n) is 16.4. The molecule has 6 nitrogen and oxygen atoms in total. The third-order valence-electron chi connectivity index (χ3n) is 4.50. The Morgan fingerprint density at radius 3 is 1.57 bits per heavy atom. The smallest absolute Gasteiger partial charge is 0.0858 e. The first-order chi connectivity index (χ1) is 13.8. The molecule has 0 aliphatic rings. The molecule has 0 aliphatic heterocycles. The molecule has 0 saturated carbocycles. The molecular weight excluding hydrogens is 354 g/mol. The van der Waals surface area contributed by atoms with Gasteiger partial charge in [-0.25, -0.2) is 0 Å². The number of unbranched alkanes of at least 4 members (excludes halogenated alkanes) is 2. The largest absolute Gasteiger partial charge is 0.396 e. The van der Waals surface area contributed by atoms with E-state index in [1.807, 2.05) is 48.5 Å². The molecule has 0 saturated heterocycles.